The maximum Gasteiger partial charge on any atom is 0.309 e. The van der Waals surface area contributed by atoms with Crippen LogP contribution in [0.25, 0.3) is 0 Å². The van der Waals surface area contributed by atoms with Crippen LogP contribution < -0.4 is 4.74 Å². The minimum atomic E-state index is -0.762. The molecular formula is C14H18O3. The van der Waals surface area contributed by atoms with Crippen LogP contribution in [0, 0.1) is 5.41 Å². The Morgan fingerprint density at radius 1 is 1.53 bits per heavy atom. The van der Waals surface area contributed by atoms with Crippen molar-refractivity contribution in [3.63, 3.8) is 0 Å². The average molecular weight is 234 g/mol. The molecule has 1 aromatic rings. The molecule has 1 aromatic carbocycles. The van der Waals surface area contributed by atoms with Crippen LogP contribution in [0.5, 0.6) is 5.75 Å². The molecule has 1 aliphatic heterocycles. The Labute approximate surface area is 101 Å². The van der Waals surface area contributed by atoms with E-state index in [-0.39, 0.29) is 0 Å². The molecule has 1 N–H and O–H groups in total. The van der Waals surface area contributed by atoms with E-state index in [9.17, 15) is 9.90 Å². The number of carboxylic acid groups (broad SMARTS) is 1. The van der Waals surface area contributed by atoms with Gasteiger partial charge in [0.05, 0.1) is 12.0 Å². The van der Waals surface area contributed by atoms with Gasteiger partial charge in [-0.3, -0.25) is 4.79 Å². The zero-order chi connectivity index (χ0) is 12.6. The number of fused-ring (bicyclic) bond motifs is 1. The summed E-state index contributed by atoms with van der Waals surface area (Å²) in [4.78, 5) is 11.2. The predicted molar refractivity (Wildman–Crippen MR) is 65.5 cm³/mol. The van der Waals surface area contributed by atoms with Crippen LogP contribution in [0.4, 0.5) is 0 Å². The van der Waals surface area contributed by atoms with Crippen molar-refractivity contribution in [1.82, 2.24) is 0 Å². The van der Waals surface area contributed by atoms with Gasteiger partial charge in [-0.25, -0.2) is 0 Å². The smallest absolute Gasteiger partial charge is 0.309 e. The highest BCUT2D eigenvalue weighted by atomic mass is 16.5. The maximum absolute atomic E-state index is 11.2. The van der Waals surface area contributed by atoms with Gasteiger partial charge in [-0.2, -0.15) is 0 Å². The summed E-state index contributed by atoms with van der Waals surface area (Å²) in [6.07, 6.45) is 0.541. The fourth-order valence-corrected chi connectivity index (χ4v) is 2.28. The van der Waals surface area contributed by atoms with Crippen LogP contribution in [0.3, 0.4) is 0 Å². The first kappa shape index (κ1) is 12.0. The largest absolute Gasteiger partial charge is 0.493 e. The highest BCUT2D eigenvalue weighted by Crippen LogP contribution is 2.38. The monoisotopic (exact) mass is 234 g/mol. The highest BCUT2D eigenvalue weighted by molar-refractivity contribution is 5.74. The van der Waals surface area contributed by atoms with Crippen molar-refractivity contribution in [2.75, 3.05) is 6.61 Å². The Morgan fingerprint density at radius 2 is 2.24 bits per heavy atom. The first-order chi connectivity index (χ1) is 7.92. The second kappa shape index (κ2) is 4.06. The molecule has 0 saturated heterocycles. The number of rotatable bonds is 3. The van der Waals surface area contributed by atoms with E-state index < -0.39 is 11.4 Å². The van der Waals surface area contributed by atoms with E-state index in [0.29, 0.717) is 18.9 Å². The molecule has 3 nitrogen and oxygen atoms in total. The number of carboxylic acids is 1. The molecule has 0 aromatic heterocycles. The van der Waals surface area contributed by atoms with Crippen LogP contribution in [0.1, 0.15) is 37.8 Å². The first-order valence-electron chi connectivity index (χ1n) is 5.90. The van der Waals surface area contributed by atoms with Gasteiger partial charge >= 0.3 is 5.97 Å². The lowest BCUT2D eigenvalue weighted by Gasteiger charge is -2.21. The van der Waals surface area contributed by atoms with Crippen LogP contribution in [-0.4, -0.2) is 17.7 Å². The van der Waals surface area contributed by atoms with E-state index in [2.05, 4.69) is 6.92 Å². The highest BCUT2D eigenvalue weighted by Gasteiger charge is 2.31. The summed E-state index contributed by atoms with van der Waals surface area (Å²) in [5.41, 5.74) is 1.54. The first-order valence-corrected chi connectivity index (χ1v) is 5.90. The van der Waals surface area contributed by atoms with E-state index in [1.807, 2.05) is 18.2 Å². The number of carbonyl (C=O) groups is 1. The van der Waals surface area contributed by atoms with Gasteiger partial charge in [0, 0.05) is 11.5 Å². The Kier molecular flexibility index (Phi) is 2.86. The molecule has 1 aliphatic rings. The van der Waals surface area contributed by atoms with Crippen LogP contribution in [0.15, 0.2) is 18.2 Å². The molecular weight excluding hydrogens is 216 g/mol. The van der Waals surface area contributed by atoms with Gasteiger partial charge in [-0.1, -0.05) is 19.1 Å². The second-order valence-electron chi connectivity index (χ2n) is 5.41. The molecule has 1 heterocycles. The third-order valence-corrected chi connectivity index (χ3v) is 3.35. The lowest BCUT2D eigenvalue weighted by atomic mass is 9.82. The molecule has 92 valence electrons. The van der Waals surface area contributed by atoms with E-state index in [4.69, 9.17) is 4.74 Å². The molecule has 3 heteroatoms. The summed E-state index contributed by atoms with van der Waals surface area (Å²) in [6, 6.07) is 5.90. The molecule has 17 heavy (non-hydrogen) atoms. The van der Waals surface area contributed by atoms with Crippen molar-refractivity contribution in [1.29, 1.82) is 0 Å². The Bertz CT molecular complexity index is 449. The molecule has 0 amide bonds. The number of hydrogen-bond acceptors (Lipinski definition) is 2. The standard InChI is InChI=1S/C14H18O3/c1-9-8-17-11-6-4-5-10(12(9)11)7-14(2,3)13(15)16/h4-6,9H,7-8H2,1-3H3,(H,15,16). The molecule has 1 atom stereocenters. The van der Waals surface area contributed by atoms with Crippen LogP contribution in [0.2, 0.25) is 0 Å². The Morgan fingerprint density at radius 3 is 2.88 bits per heavy atom. The molecule has 0 bridgehead atoms. The van der Waals surface area contributed by atoms with E-state index >= 15 is 0 Å². The summed E-state index contributed by atoms with van der Waals surface area (Å²) in [7, 11) is 0. The van der Waals surface area contributed by atoms with Crippen molar-refractivity contribution < 1.29 is 14.6 Å². The van der Waals surface area contributed by atoms with Gasteiger partial charge in [0.2, 0.25) is 0 Å². The lowest BCUT2D eigenvalue weighted by Crippen LogP contribution is -2.26. The molecule has 0 spiro atoms. The van der Waals surface area contributed by atoms with Gasteiger partial charge in [0.25, 0.3) is 0 Å². The van der Waals surface area contributed by atoms with Crippen molar-refractivity contribution in [2.45, 2.75) is 33.1 Å². The SMILES string of the molecule is CC1COc2cccc(CC(C)(C)C(=O)O)c21. The third-order valence-electron chi connectivity index (χ3n) is 3.35. The Hall–Kier alpha value is -1.51. The average Bonchev–Trinajstić information content (AvgIpc) is 2.61. The van der Waals surface area contributed by atoms with E-state index in [0.717, 1.165) is 11.3 Å². The van der Waals surface area contributed by atoms with Gasteiger partial charge in [-0.05, 0) is 31.9 Å². The Balaban J connectivity index is 2.35. The summed E-state index contributed by atoms with van der Waals surface area (Å²) in [5, 5.41) is 9.19. The number of hydrogen-bond donors (Lipinski definition) is 1. The van der Waals surface area contributed by atoms with Gasteiger partial charge < -0.3 is 9.84 Å². The number of benzene rings is 1. The molecule has 0 radical (unpaired) electrons. The lowest BCUT2D eigenvalue weighted by molar-refractivity contribution is -0.146. The quantitative estimate of drug-likeness (QED) is 0.874. The summed E-state index contributed by atoms with van der Waals surface area (Å²) < 4.78 is 5.58. The topological polar surface area (TPSA) is 46.5 Å². The van der Waals surface area contributed by atoms with Crippen molar-refractivity contribution in [2.24, 2.45) is 5.41 Å². The van der Waals surface area contributed by atoms with Crippen molar-refractivity contribution in [3.8, 4) is 5.75 Å². The van der Waals surface area contributed by atoms with E-state index in [1.165, 1.54) is 5.56 Å². The van der Waals surface area contributed by atoms with Crippen LogP contribution >= 0.6 is 0 Å². The van der Waals surface area contributed by atoms with Crippen LogP contribution in [-0.2, 0) is 11.2 Å². The summed E-state index contributed by atoms with van der Waals surface area (Å²) >= 11 is 0. The predicted octanol–water partition coefficient (Wildman–Crippen LogP) is 2.84. The molecule has 1 unspecified atom stereocenters. The molecule has 0 saturated carbocycles. The fourth-order valence-electron chi connectivity index (χ4n) is 2.28. The van der Waals surface area contributed by atoms with Gasteiger partial charge in [-0.15, -0.1) is 0 Å². The zero-order valence-corrected chi connectivity index (χ0v) is 10.5. The second-order valence-corrected chi connectivity index (χ2v) is 5.41. The van der Waals surface area contributed by atoms with Gasteiger partial charge in [0.15, 0.2) is 0 Å². The summed E-state index contributed by atoms with van der Waals surface area (Å²) in [6.45, 7) is 6.33. The minimum absolute atomic E-state index is 0.353. The normalized spacial score (nSPS) is 18.6. The fraction of sp³-hybridized carbons (Fsp3) is 0.500. The molecule has 2 rings (SSSR count). The van der Waals surface area contributed by atoms with Crippen molar-refractivity contribution in [3.05, 3.63) is 29.3 Å². The van der Waals surface area contributed by atoms with Crippen molar-refractivity contribution >= 4 is 5.97 Å². The van der Waals surface area contributed by atoms with E-state index in [1.54, 1.807) is 13.8 Å². The third kappa shape index (κ3) is 2.14. The number of aliphatic carboxylic acids is 1. The summed E-state index contributed by atoms with van der Waals surface area (Å²) in [5.74, 6) is 0.503. The molecule has 0 fully saturated rings. The number of ether oxygens (including phenoxy) is 1. The maximum atomic E-state index is 11.2. The zero-order valence-electron chi connectivity index (χ0n) is 10.5. The molecule has 0 aliphatic carbocycles. The van der Waals surface area contributed by atoms with Gasteiger partial charge in [0.1, 0.15) is 5.75 Å². The minimum Gasteiger partial charge on any atom is -0.493 e.